The van der Waals surface area contributed by atoms with Crippen molar-refractivity contribution in [1.82, 2.24) is 4.98 Å². The number of thioether (sulfide) groups is 1. The van der Waals surface area contributed by atoms with Gasteiger partial charge in [0.25, 0.3) is 0 Å². The highest BCUT2D eigenvalue weighted by Gasteiger charge is 2.05. The third kappa shape index (κ3) is 4.18. The summed E-state index contributed by atoms with van der Waals surface area (Å²) in [5.41, 5.74) is 4.66. The van der Waals surface area contributed by atoms with Gasteiger partial charge in [-0.1, -0.05) is 60.4 Å². The van der Waals surface area contributed by atoms with Gasteiger partial charge in [0.1, 0.15) is 4.32 Å². The van der Waals surface area contributed by atoms with E-state index in [1.165, 1.54) is 28.5 Å². The molecule has 0 spiro atoms. The molecule has 114 valence electrons. The molecule has 2 aromatic carbocycles. The van der Waals surface area contributed by atoms with E-state index in [1.54, 1.807) is 6.20 Å². The minimum absolute atomic E-state index is 0.709. The number of aromatic nitrogens is 1. The summed E-state index contributed by atoms with van der Waals surface area (Å²) in [6, 6.07) is 20.6. The Balaban J connectivity index is 1.77. The van der Waals surface area contributed by atoms with E-state index in [4.69, 9.17) is 12.2 Å². The molecule has 4 heteroatoms. The first-order chi connectivity index (χ1) is 11.2. The summed E-state index contributed by atoms with van der Waals surface area (Å²) >= 11 is 6.94. The highest BCUT2D eigenvalue weighted by Crippen LogP contribution is 2.27. The summed E-state index contributed by atoms with van der Waals surface area (Å²) in [5, 5.41) is 3.29. The molecule has 1 aromatic heterocycles. The van der Waals surface area contributed by atoms with Crippen molar-refractivity contribution >= 4 is 34.0 Å². The molecule has 0 amide bonds. The molecule has 0 radical (unpaired) electrons. The van der Waals surface area contributed by atoms with Gasteiger partial charge in [0.05, 0.1) is 0 Å². The van der Waals surface area contributed by atoms with Crippen LogP contribution >= 0.6 is 24.0 Å². The minimum Gasteiger partial charge on any atom is -0.341 e. The van der Waals surface area contributed by atoms with Gasteiger partial charge in [0.2, 0.25) is 0 Å². The van der Waals surface area contributed by atoms with Crippen LogP contribution < -0.4 is 5.32 Å². The zero-order valence-corrected chi connectivity index (χ0v) is 14.3. The zero-order chi connectivity index (χ0) is 16.1. The number of thiocarbonyl (C=S) groups is 1. The molecular weight excluding hydrogens is 320 g/mol. The molecular formula is C19H16N2S2. The van der Waals surface area contributed by atoms with Gasteiger partial charge in [-0.3, -0.25) is 4.98 Å². The van der Waals surface area contributed by atoms with Crippen LogP contribution in [0.1, 0.15) is 5.56 Å². The van der Waals surface area contributed by atoms with Crippen molar-refractivity contribution in [3.63, 3.8) is 0 Å². The van der Waals surface area contributed by atoms with Gasteiger partial charge in [0, 0.05) is 23.0 Å². The van der Waals surface area contributed by atoms with E-state index in [0.717, 1.165) is 10.6 Å². The molecule has 0 unspecified atom stereocenters. The van der Waals surface area contributed by atoms with E-state index in [-0.39, 0.29) is 0 Å². The van der Waals surface area contributed by atoms with Gasteiger partial charge in [-0.15, -0.1) is 0 Å². The van der Waals surface area contributed by atoms with Gasteiger partial charge in [-0.25, -0.2) is 0 Å². The Labute approximate surface area is 146 Å². The number of pyridine rings is 1. The van der Waals surface area contributed by atoms with E-state index in [2.05, 4.69) is 59.7 Å². The van der Waals surface area contributed by atoms with Crippen molar-refractivity contribution in [2.45, 2.75) is 11.8 Å². The maximum absolute atomic E-state index is 5.43. The quantitative estimate of drug-likeness (QED) is 0.501. The monoisotopic (exact) mass is 336 g/mol. The smallest absolute Gasteiger partial charge is 0.143 e. The van der Waals surface area contributed by atoms with E-state index in [0.29, 0.717) is 4.32 Å². The molecule has 0 aliphatic rings. The number of nitrogens with zero attached hydrogens (tertiary/aromatic N) is 1. The first kappa shape index (κ1) is 15.7. The normalized spacial score (nSPS) is 10.3. The Hall–Kier alpha value is -2.17. The van der Waals surface area contributed by atoms with Crippen molar-refractivity contribution in [2.75, 3.05) is 5.32 Å². The molecule has 0 saturated carbocycles. The van der Waals surface area contributed by atoms with E-state index < -0.39 is 0 Å². The fourth-order valence-corrected chi connectivity index (χ4v) is 3.34. The van der Waals surface area contributed by atoms with Crippen LogP contribution in [0.25, 0.3) is 11.1 Å². The first-order valence-corrected chi connectivity index (χ1v) is 8.50. The molecule has 0 atom stereocenters. The lowest BCUT2D eigenvalue weighted by Crippen LogP contribution is -2.04. The lowest BCUT2D eigenvalue weighted by Gasteiger charge is -2.11. The topological polar surface area (TPSA) is 24.9 Å². The summed E-state index contributed by atoms with van der Waals surface area (Å²) < 4.78 is 0.709. The number of benzene rings is 2. The lowest BCUT2D eigenvalue weighted by molar-refractivity contribution is 1.24. The zero-order valence-electron chi connectivity index (χ0n) is 12.7. The average molecular weight is 336 g/mol. The van der Waals surface area contributed by atoms with Gasteiger partial charge >= 0.3 is 0 Å². The van der Waals surface area contributed by atoms with Crippen molar-refractivity contribution < 1.29 is 0 Å². The van der Waals surface area contributed by atoms with Crippen LogP contribution in [0.2, 0.25) is 0 Å². The number of rotatable bonds is 3. The second-order valence-corrected chi connectivity index (χ2v) is 6.85. The fraction of sp³-hybridized carbons (Fsp3) is 0.0526. The highest BCUT2D eigenvalue weighted by atomic mass is 32.2. The molecule has 0 fully saturated rings. The van der Waals surface area contributed by atoms with Gasteiger partial charge in [-0.05, 0) is 47.9 Å². The predicted molar refractivity (Wildman–Crippen MR) is 103 cm³/mol. The van der Waals surface area contributed by atoms with Crippen LogP contribution in [0.5, 0.6) is 0 Å². The van der Waals surface area contributed by atoms with E-state index in [1.807, 2.05) is 24.4 Å². The van der Waals surface area contributed by atoms with Crippen LogP contribution in [0, 0.1) is 6.92 Å². The van der Waals surface area contributed by atoms with Crippen LogP contribution in [-0.4, -0.2) is 9.30 Å². The summed E-state index contributed by atoms with van der Waals surface area (Å²) in [5.74, 6) is 0. The van der Waals surface area contributed by atoms with Gasteiger partial charge in [-0.2, -0.15) is 0 Å². The molecule has 1 heterocycles. The van der Waals surface area contributed by atoms with Crippen molar-refractivity contribution in [3.8, 4) is 11.1 Å². The maximum atomic E-state index is 5.43. The molecule has 0 aliphatic heterocycles. The van der Waals surface area contributed by atoms with Crippen LogP contribution in [-0.2, 0) is 0 Å². The Kier molecular flexibility index (Phi) is 5.05. The number of aryl methyl sites for hydroxylation is 1. The van der Waals surface area contributed by atoms with Gasteiger partial charge in [0.15, 0.2) is 0 Å². The minimum atomic E-state index is 0.709. The number of hydrogen-bond donors (Lipinski definition) is 1. The summed E-state index contributed by atoms with van der Waals surface area (Å²) in [6.45, 7) is 2.12. The molecule has 3 aromatic rings. The summed E-state index contributed by atoms with van der Waals surface area (Å²) in [7, 11) is 0. The van der Waals surface area contributed by atoms with Crippen molar-refractivity contribution in [1.29, 1.82) is 0 Å². The van der Waals surface area contributed by atoms with Crippen LogP contribution in [0.15, 0.2) is 78.0 Å². The molecule has 0 saturated heterocycles. The molecule has 1 N–H and O–H groups in total. The lowest BCUT2D eigenvalue weighted by atomic mass is 10.00. The van der Waals surface area contributed by atoms with Crippen LogP contribution in [0.3, 0.4) is 0 Å². The SMILES string of the molecule is Cc1ccc(NC(=S)Sc2cccnc2)cc1-c1ccccc1. The molecule has 0 bridgehead atoms. The predicted octanol–water partition coefficient (Wildman–Crippen LogP) is 5.55. The van der Waals surface area contributed by atoms with E-state index >= 15 is 0 Å². The largest absolute Gasteiger partial charge is 0.341 e. The highest BCUT2D eigenvalue weighted by molar-refractivity contribution is 8.23. The Morgan fingerprint density at radius 1 is 1.04 bits per heavy atom. The Morgan fingerprint density at radius 3 is 2.61 bits per heavy atom. The van der Waals surface area contributed by atoms with E-state index in [9.17, 15) is 0 Å². The molecule has 23 heavy (non-hydrogen) atoms. The standard InChI is InChI=1S/C19H16N2S2/c1-14-9-10-16(12-18(14)15-6-3-2-4-7-15)21-19(22)23-17-8-5-11-20-13-17/h2-13H,1H3,(H,21,22). The second-order valence-electron chi connectivity index (χ2n) is 5.10. The van der Waals surface area contributed by atoms with Crippen molar-refractivity contribution in [3.05, 3.63) is 78.6 Å². The summed E-state index contributed by atoms with van der Waals surface area (Å²) in [6.07, 6.45) is 3.57. The number of anilines is 1. The summed E-state index contributed by atoms with van der Waals surface area (Å²) in [4.78, 5) is 5.13. The molecule has 0 aliphatic carbocycles. The van der Waals surface area contributed by atoms with Crippen LogP contribution in [0.4, 0.5) is 5.69 Å². The maximum Gasteiger partial charge on any atom is 0.143 e. The van der Waals surface area contributed by atoms with Gasteiger partial charge < -0.3 is 5.32 Å². The Bertz CT molecular complexity index is 802. The molecule has 2 nitrogen and oxygen atoms in total. The second kappa shape index (κ2) is 7.40. The first-order valence-electron chi connectivity index (χ1n) is 7.27. The third-order valence-electron chi connectivity index (χ3n) is 3.41. The number of nitrogens with one attached hydrogen (secondary N) is 1. The Morgan fingerprint density at radius 2 is 1.87 bits per heavy atom. The third-order valence-corrected chi connectivity index (χ3v) is 4.53. The average Bonchev–Trinajstić information content (AvgIpc) is 2.58. The fourth-order valence-electron chi connectivity index (χ4n) is 2.29. The molecule has 3 rings (SSSR count). The number of hydrogen-bond acceptors (Lipinski definition) is 3. The van der Waals surface area contributed by atoms with Crippen molar-refractivity contribution in [2.24, 2.45) is 0 Å².